The minimum atomic E-state index is 0.237. The average molecular weight is 275 g/mol. The van der Waals surface area contributed by atoms with E-state index >= 15 is 0 Å². The van der Waals surface area contributed by atoms with E-state index in [-0.39, 0.29) is 5.41 Å². The fourth-order valence-electron chi connectivity index (χ4n) is 3.03. The lowest BCUT2D eigenvalue weighted by molar-refractivity contribution is -0.0978. The van der Waals surface area contributed by atoms with Crippen LogP contribution in [0.4, 0.5) is 0 Å². The smallest absolute Gasteiger partial charge is 0.0652 e. The van der Waals surface area contributed by atoms with Gasteiger partial charge in [0.15, 0.2) is 0 Å². The van der Waals surface area contributed by atoms with Crippen LogP contribution in [0.2, 0.25) is 0 Å². The van der Waals surface area contributed by atoms with Crippen LogP contribution in [-0.4, -0.2) is 19.3 Å². The number of benzene rings is 1. The predicted molar refractivity (Wildman–Crippen MR) is 81.6 cm³/mol. The van der Waals surface area contributed by atoms with Gasteiger partial charge in [-0.2, -0.15) is 0 Å². The van der Waals surface area contributed by atoms with Crippen LogP contribution in [0.25, 0.3) is 10.1 Å². The molecule has 1 aromatic heterocycles. The monoisotopic (exact) mass is 275 g/mol. The van der Waals surface area contributed by atoms with Crippen molar-refractivity contribution in [3.63, 3.8) is 0 Å². The Labute approximate surface area is 118 Å². The van der Waals surface area contributed by atoms with E-state index in [9.17, 15) is 0 Å². The highest BCUT2D eigenvalue weighted by molar-refractivity contribution is 7.17. The fourth-order valence-corrected chi connectivity index (χ4v) is 4.00. The molecule has 1 aliphatic carbocycles. The van der Waals surface area contributed by atoms with Gasteiger partial charge in [-0.05, 0) is 28.8 Å². The van der Waals surface area contributed by atoms with Gasteiger partial charge in [-0.25, -0.2) is 0 Å². The summed E-state index contributed by atoms with van der Waals surface area (Å²) in [7, 11) is 1.81. The van der Waals surface area contributed by atoms with Crippen LogP contribution in [0.15, 0.2) is 29.6 Å². The topological polar surface area (TPSA) is 21.3 Å². The van der Waals surface area contributed by atoms with Crippen molar-refractivity contribution in [3.8, 4) is 0 Å². The van der Waals surface area contributed by atoms with E-state index in [1.54, 1.807) is 0 Å². The number of hydrogen-bond acceptors (Lipinski definition) is 3. The molecule has 1 aromatic carbocycles. The summed E-state index contributed by atoms with van der Waals surface area (Å²) in [6.45, 7) is 5.52. The molecule has 0 bridgehead atoms. The Bertz CT molecular complexity index is 575. The highest BCUT2D eigenvalue weighted by Crippen LogP contribution is 2.42. The van der Waals surface area contributed by atoms with Crippen molar-refractivity contribution in [2.75, 3.05) is 7.11 Å². The summed E-state index contributed by atoms with van der Waals surface area (Å²) in [6, 6.07) is 9.18. The highest BCUT2D eigenvalue weighted by atomic mass is 32.1. The Hall–Kier alpha value is -0.900. The number of hydrogen-bond donors (Lipinski definition) is 1. The zero-order valence-corrected chi connectivity index (χ0v) is 12.6. The Morgan fingerprint density at radius 3 is 2.89 bits per heavy atom. The third-order valence-electron chi connectivity index (χ3n) is 4.56. The molecule has 3 rings (SSSR count). The summed E-state index contributed by atoms with van der Waals surface area (Å²) in [5.41, 5.74) is 1.65. The summed E-state index contributed by atoms with van der Waals surface area (Å²) in [4.78, 5) is 0. The molecular formula is C16H21NOS. The number of methoxy groups -OCH3 is 1. The predicted octanol–water partition coefficient (Wildman–Crippen LogP) is 3.80. The molecule has 2 nitrogen and oxygen atoms in total. The van der Waals surface area contributed by atoms with E-state index in [0.29, 0.717) is 12.1 Å². The highest BCUT2D eigenvalue weighted by Gasteiger charge is 2.48. The van der Waals surface area contributed by atoms with E-state index in [4.69, 9.17) is 4.74 Å². The quantitative estimate of drug-likeness (QED) is 0.916. The first-order valence-electron chi connectivity index (χ1n) is 6.84. The summed E-state index contributed by atoms with van der Waals surface area (Å²) >= 11 is 1.83. The van der Waals surface area contributed by atoms with Crippen molar-refractivity contribution in [1.29, 1.82) is 0 Å². The van der Waals surface area contributed by atoms with Crippen LogP contribution in [0.3, 0.4) is 0 Å². The largest absolute Gasteiger partial charge is 0.381 e. The first kappa shape index (κ1) is 13.1. The van der Waals surface area contributed by atoms with E-state index in [1.807, 2.05) is 18.4 Å². The van der Waals surface area contributed by atoms with Crippen LogP contribution in [0, 0.1) is 5.41 Å². The molecule has 1 aliphatic rings. The van der Waals surface area contributed by atoms with E-state index in [0.717, 1.165) is 13.0 Å². The molecule has 1 fully saturated rings. The second kappa shape index (κ2) is 4.89. The van der Waals surface area contributed by atoms with Gasteiger partial charge in [-0.1, -0.05) is 32.0 Å². The maximum atomic E-state index is 5.50. The minimum Gasteiger partial charge on any atom is -0.381 e. The lowest BCUT2D eigenvalue weighted by Crippen LogP contribution is -2.60. The van der Waals surface area contributed by atoms with E-state index in [2.05, 4.69) is 48.8 Å². The Morgan fingerprint density at radius 2 is 2.16 bits per heavy atom. The van der Waals surface area contributed by atoms with E-state index < -0.39 is 0 Å². The van der Waals surface area contributed by atoms with Gasteiger partial charge in [0.05, 0.1) is 6.10 Å². The maximum absolute atomic E-state index is 5.50. The van der Waals surface area contributed by atoms with Crippen molar-refractivity contribution >= 4 is 21.4 Å². The first-order chi connectivity index (χ1) is 9.13. The minimum absolute atomic E-state index is 0.237. The van der Waals surface area contributed by atoms with Crippen molar-refractivity contribution in [2.45, 2.75) is 39.0 Å². The van der Waals surface area contributed by atoms with E-state index in [1.165, 1.54) is 15.6 Å². The van der Waals surface area contributed by atoms with Crippen LogP contribution >= 0.6 is 11.3 Å². The van der Waals surface area contributed by atoms with Gasteiger partial charge in [-0.15, -0.1) is 11.3 Å². The molecule has 2 atom stereocenters. The standard InChI is InChI=1S/C16H21NOS/c1-16(2)14(8-15(16)18-3)17-9-11-10-19-13-7-5-4-6-12(11)13/h4-7,10,14-15,17H,8-9H2,1-3H3. The molecule has 3 heteroatoms. The zero-order valence-electron chi connectivity index (χ0n) is 11.8. The normalized spacial score (nSPS) is 25.4. The third-order valence-corrected chi connectivity index (χ3v) is 5.57. The van der Waals surface area contributed by atoms with Crippen LogP contribution < -0.4 is 5.32 Å². The number of ether oxygens (including phenoxy) is 1. The lowest BCUT2D eigenvalue weighted by Gasteiger charge is -2.51. The molecule has 0 spiro atoms. The van der Waals surface area contributed by atoms with Crippen molar-refractivity contribution in [2.24, 2.45) is 5.41 Å². The van der Waals surface area contributed by atoms with Gasteiger partial charge in [0.2, 0.25) is 0 Å². The molecule has 2 aromatic rings. The molecule has 0 aliphatic heterocycles. The second-order valence-electron chi connectivity index (χ2n) is 5.97. The van der Waals surface area contributed by atoms with Crippen LogP contribution in [0.5, 0.6) is 0 Å². The molecule has 0 radical (unpaired) electrons. The number of thiophene rings is 1. The molecule has 19 heavy (non-hydrogen) atoms. The number of fused-ring (bicyclic) bond motifs is 1. The summed E-state index contributed by atoms with van der Waals surface area (Å²) < 4.78 is 6.88. The van der Waals surface area contributed by atoms with Crippen LogP contribution in [-0.2, 0) is 11.3 Å². The summed E-state index contributed by atoms with van der Waals surface area (Å²) in [6.07, 6.45) is 1.51. The van der Waals surface area contributed by atoms with Crippen LogP contribution in [0.1, 0.15) is 25.8 Å². The van der Waals surface area contributed by atoms with Gasteiger partial charge < -0.3 is 10.1 Å². The van der Waals surface area contributed by atoms with Gasteiger partial charge in [0, 0.05) is 29.8 Å². The van der Waals surface area contributed by atoms with Gasteiger partial charge in [0.1, 0.15) is 0 Å². The molecule has 1 heterocycles. The van der Waals surface area contributed by atoms with Crippen molar-refractivity contribution < 1.29 is 4.74 Å². The second-order valence-corrected chi connectivity index (χ2v) is 6.88. The molecule has 102 valence electrons. The molecule has 0 saturated heterocycles. The Morgan fingerprint density at radius 1 is 1.37 bits per heavy atom. The van der Waals surface area contributed by atoms with Gasteiger partial charge in [0.25, 0.3) is 0 Å². The number of rotatable bonds is 4. The maximum Gasteiger partial charge on any atom is 0.0652 e. The summed E-state index contributed by atoms with van der Waals surface area (Å²) in [5.74, 6) is 0. The SMILES string of the molecule is COC1CC(NCc2csc3ccccc23)C1(C)C. The average Bonchev–Trinajstić information content (AvgIpc) is 2.81. The van der Waals surface area contributed by atoms with Crippen molar-refractivity contribution in [1.82, 2.24) is 5.32 Å². The molecule has 1 saturated carbocycles. The third kappa shape index (κ3) is 2.20. The summed E-state index contributed by atoms with van der Waals surface area (Å²) in [5, 5.41) is 7.36. The molecule has 2 unspecified atom stereocenters. The molecular weight excluding hydrogens is 254 g/mol. The first-order valence-corrected chi connectivity index (χ1v) is 7.72. The lowest BCUT2D eigenvalue weighted by atomic mass is 9.64. The van der Waals surface area contributed by atoms with Gasteiger partial charge in [-0.3, -0.25) is 0 Å². The zero-order chi connectivity index (χ0) is 13.5. The number of nitrogens with one attached hydrogen (secondary N) is 1. The molecule has 0 amide bonds. The van der Waals surface area contributed by atoms with Gasteiger partial charge >= 0.3 is 0 Å². The Balaban J connectivity index is 1.68. The van der Waals surface area contributed by atoms with Crippen molar-refractivity contribution in [3.05, 3.63) is 35.2 Å². The Kier molecular flexibility index (Phi) is 3.37. The molecule has 1 N–H and O–H groups in total. The fraction of sp³-hybridized carbons (Fsp3) is 0.500.